The van der Waals surface area contributed by atoms with Gasteiger partial charge in [0.25, 0.3) is 0 Å². The van der Waals surface area contributed by atoms with Gasteiger partial charge >= 0.3 is 5.97 Å². The molecule has 0 aliphatic heterocycles. The summed E-state index contributed by atoms with van der Waals surface area (Å²) in [6, 6.07) is 1.94. The zero-order chi connectivity index (χ0) is 12.3. The van der Waals surface area contributed by atoms with E-state index in [0.717, 1.165) is 13.1 Å². The lowest BCUT2D eigenvalue weighted by atomic mass is 10.2. The van der Waals surface area contributed by atoms with Gasteiger partial charge in [0.2, 0.25) is 0 Å². The minimum absolute atomic E-state index is 0.326. The Morgan fingerprint density at radius 1 is 1.44 bits per heavy atom. The van der Waals surface area contributed by atoms with E-state index in [2.05, 4.69) is 31.9 Å². The number of ether oxygens (including phenoxy) is 1. The van der Waals surface area contributed by atoms with Crippen LogP contribution in [0.1, 0.15) is 25.6 Å². The van der Waals surface area contributed by atoms with Crippen LogP contribution in [0.2, 0.25) is 0 Å². The third-order valence-corrected chi connectivity index (χ3v) is 4.68. The monoisotopic (exact) mass is 366 g/mol. The van der Waals surface area contributed by atoms with Crippen molar-refractivity contribution < 1.29 is 9.53 Å². The maximum Gasteiger partial charge on any atom is 0.331 e. The Bertz CT molecular complexity index is 397. The SMILES string of the molecule is CC(C)(C)OC(=O)/C=C\c1cc(Br)c(Br)s1. The summed E-state index contributed by atoms with van der Waals surface area (Å²) in [5.74, 6) is -0.326. The van der Waals surface area contributed by atoms with Crippen molar-refractivity contribution in [2.45, 2.75) is 26.4 Å². The van der Waals surface area contributed by atoms with E-state index in [1.54, 1.807) is 17.4 Å². The van der Waals surface area contributed by atoms with Crippen LogP contribution in [0, 0.1) is 0 Å². The molecule has 0 amide bonds. The number of esters is 1. The minimum Gasteiger partial charge on any atom is -0.457 e. The Labute approximate surface area is 116 Å². The second-order valence-corrected chi connectivity index (χ2v) is 7.39. The smallest absolute Gasteiger partial charge is 0.331 e. The van der Waals surface area contributed by atoms with E-state index in [9.17, 15) is 4.79 Å². The van der Waals surface area contributed by atoms with Crippen molar-refractivity contribution in [2.75, 3.05) is 0 Å². The van der Waals surface area contributed by atoms with Crippen LogP contribution >= 0.6 is 43.2 Å². The van der Waals surface area contributed by atoms with Gasteiger partial charge in [0.15, 0.2) is 0 Å². The third-order valence-electron chi connectivity index (χ3n) is 1.45. The normalized spacial score (nSPS) is 12.1. The topological polar surface area (TPSA) is 26.3 Å². The van der Waals surface area contributed by atoms with E-state index >= 15 is 0 Å². The molecule has 0 saturated heterocycles. The Kier molecular flexibility index (Phi) is 4.76. The second-order valence-electron chi connectivity index (χ2n) is 4.14. The molecule has 0 fully saturated rings. The molecule has 2 nitrogen and oxygen atoms in total. The highest BCUT2D eigenvalue weighted by Crippen LogP contribution is 2.32. The Morgan fingerprint density at radius 3 is 2.50 bits per heavy atom. The molecule has 0 aliphatic rings. The molecule has 1 heterocycles. The van der Waals surface area contributed by atoms with Crippen LogP contribution < -0.4 is 0 Å². The van der Waals surface area contributed by atoms with Crippen LogP contribution in [0.4, 0.5) is 0 Å². The number of hydrogen-bond donors (Lipinski definition) is 0. The summed E-state index contributed by atoms with van der Waals surface area (Å²) < 4.78 is 7.15. The number of carbonyl (C=O) groups excluding carboxylic acids is 1. The molecule has 0 saturated carbocycles. The number of rotatable bonds is 2. The highest BCUT2D eigenvalue weighted by molar-refractivity contribution is 9.13. The highest BCUT2D eigenvalue weighted by Gasteiger charge is 2.13. The van der Waals surface area contributed by atoms with Crippen molar-refractivity contribution in [3.63, 3.8) is 0 Å². The van der Waals surface area contributed by atoms with Crippen LogP contribution in [0.15, 0.2) is 20.4 Å². The molecule has 0 bridgehead atoms. The molecule has 1 aromatic heterocycles. The van der Waals surface area contributed by atoms with Crippen LogP contribution in [0.25, 0.3) is 6.08 Å². The lowest BCUT2D eigenvalue weighted by Gasteiger charge is -2.17. The summed E-state index contributed by atoms with van der Waals surface area (Å²) in [5.41, 5.74) is -0.446. The van der Waals surface area contributed by atoms with Gasteiger partial charge in [-0.3, -0.25) is 0 Å². The van der Waals surface area contributed by atoms with Gasteiger partial charge < -0.3 is 4.74 Å². The lowest BCUT2D eigenvalue weighted by Crippen LogP contribution is -2.22. The molecule has 0 spiro atoms. The summed E-state index contributed by atoms with van der Waals surface area (Å²) in [4.78, 5) is 12.4. The zero-order valence-electron chi connectivity index (χ0n) is 9.21. The summed E-state index contributed by atoms with van der Waals surface area (Å²) >= 11 is 8.33. The van der Waals surface area contributed by atoms with Crippen molar-refractivity contribution in [2.24, 2.45) is 0 Å². The molecule has 16 heavy (non-hydrogen) atoms. The van der Waals surface area contributed by atoms with Crippen molar-refractivity contribution in [3.05, 3.63) is 25.3 Å². The predicted molar refractivity (Wildman–Crippen MR) is 74.6 cm³/mol. The van der Waals surface area contributed by atoms with Crippen molar-refractivity contribution in [3.8, 4) is 0 Å². The summed E-state index contributed by atoms with van der Waals surface area (Å²) in [6.07, 6.45) is 3.18. The van der Waals surface area contributed by atoms with Gasteiger partial charge in [0.05, 0.1) is 3.79 Å². The van der Waals surface area contributed by atoms with Crippen LogP contribution in [-0.2, 0) is 9.53 Å². The Morgan fingerprint density at radius 2 is 2.06 bits per heavy atom. The summed E-state index contributed by atoms with van der Waals surface area (Å²) in [5, 5.41) is 0. The van der Waals surface area contributed by atoms with E-state index < -0.39 is 5.60 Å². The van der Waals surface area contributed by atoms with Gasteiger partial charge in [0.1, 0.15) is 5.60 Å². The van der Waals surface area contributed by atoms with Crippen molar-refractivity contribution in [1.29, 1.82) is 0 Å². The summed E-state index contributed by atoms with van der Waals surface area (Å²) in [6.45, 7) is 5.53. The molecule has 0 aromatic carbocycles. The van der Waals surface area contributed by atoms with E-state index in [1.807, 2.05) is 26.8 Å². The van der Waals surface area contributed by atoms with Gasteiger partial charge in [-0.2, -0.15) is 0 Å². The maximum atomic E-state index is 11.4. The number of thiophene rings is 1. The summed E-state index contributed by atoms with van der Waals surface area (Å²) in [7, 11) is 0. The van der Waals surface area contributed by atoms with Crippen LogP contribution in [-0.4, -0.2) is 11.6 Å². The van der Waals surface area contributed by atoms with E-state index in [1.165, 1.54) is 6.08 Å². The van der Waals surface area contributed by atoms with Crippen LogP contribution in [0.5, 0.6) is 0 Å². The quantitative estimate of drug-likeness (QED) is 0.562. The molecule has 0 unspecified atom stereocenters. The molecule has 0 aliphatic carbocycles. The minimum atomic E-state index is -0.446. The Hall–Kier alpha value is -0.130. The average Bonchev–Trinajstić information content (AvgIpc) is 2.40. The van der Waals surface area contributed by atoms with E-state index in [0.29, 0.717) is 0 Å². The molecule has 0 atom stereocenters. The first-order chi connectivity index (χ1) is 7.28. The van der Waals surface area contributed by atoms with Gasteiger partial charge in [-0.1, -0.05) is 0 Å². The molecule has 0 N–H and O–H groups in total. The molecule has 1 aromatic rings. The molecule has 5 heteroatoms. The van der Waals surface area contributed by atoms with Gasteiger partial charge in [-0.15, -0.1) is 11.3 Å². The third kappa shape index (κ3) is 4.80. The zero-order valence-corrected chi connectivity index (χ0v) is 13.2. The fourth-order valence-electron chi connectivity index (χ4n) is 0.931. The molecular weight excluding hydrogens is 356 g/mol. The molecule has 1 rings (SSSR count). The number of hydrogen-bond acceptors (Lipinski definition) is 3. The van der Waals surface area contributed by atoms with Gasteiger partial charge in [-0.25, -0.2) is 4.79 Å². The van der Waals surface area contributed by atoms with E-state index in [4.69, 9.17) is 4.74 Å². The van der Waals surface area contributed by atoms with Crippen LogP contribution in [0.3, 0.4) is 0 Å². The fourth-order valence-corrected chi connectivity index (χ4v) is 2.92. The van der Waals surface area contributed by atoms with Gasteiger partial charge in [0, 0.05) is 15.4 Å². The standard InChI is InChI=1S/C11H12Br2O2S/c1-11(2,3)15-9(14)5-4-7-6-8(12)10(13)16-7/h4-6H,1-3H3/b5-4-. The second kappa shape index (κ2) is 5.47. The number of halogens is 2. The largest absolute Gasteiger partial charge is 0.457 e. The fraction of sp³-hybridized carbons (Fsp3) is 0.364. The Balaban J connectivity index is 2.64. The van der Waals surface area contributed by atoms with Crippen molar-refractivity contribution in [1.82, 2.24) is 0 Å². The average molecular weight is 368 g/mol. The van der Waals surface area contributed by atoms with Gasteiger partial charge in [-0.05, 0) is 64.8 Å². The maximum absolute atomic E-state index is 11.4. The first-order valence-electron chi connectivity index (χ1n) is 4.64. The lowest BCUT2D eigenvalue weighted by molar-refractivity contribution is -0.148. The molecular formula is C11H12Br2O2S. The van der Waals surface area contributed by atoms with Crippen molar-refractivity contribution >= 4 is 55.2 Å². The number of carbonyl (C=O) groups is 1. The van der Waals surface area contributed by atoms with E-state index in [-0.39, 0.29) is 5.97 Å². The predicted octanol–water partition coefficient (Wildman–Crippen LogP) is 4.63. The molecule has 0 radical (unpaired) electrons. The highest BCUT2D eigenvalue weighted by atomic mass is 79.9. The first kappa shape index (κ1) is 13.9. The molecule has 88 valence electrons. The first-order valence-corrected chi connectivity index (χ1v) is 7.04.